The van der Waals surface area contributed by atoms with Crippen LogP contribution in [0, 0.1) is 5.92 Å². The first-order chi connectivity index (χ1) is 7.61. The van der Waals surface area contributed by atoms with E-state index in [1.54, 1.807) is 0 Å². The van der Waals surface area contributed by atoms with Crippen molar-refractivity contribution in [3.05, 3.63) is 0 Å². The molecule has 1 aliphatic heterocycles. The van der Waals surface area contributed by atoms with Gasteiger partial charge in [0.1, 0.15) is 0 Å². The molecule has 1 amide bonds. The van der Waals surface area contributed by atoms with Crippen LogP contribution >= 0.6 is 0 Å². The molecule has 2 fully saturated rings. The van der Waals surface area contributed by atoms with Gasteiger partial charge in [0, 0.05) is 12.1 Å². The summed E-state index contributed by atoms with van der Waals surface area (Å²) in [6.45, 7) is 3.35. The van der Waals surface area contributed by atoms with E-state index in [9.17, 15) is 9.59 Å². The molecule has 1 aliphatic carbocycles. The SMILES string of the molecule is CCN1CC(=O)NC2CC(C(=O)O)CCC21. The zero-order valence-corrected chi connectivity index (χ0v) is 9.48. The second kappa shape index (κ2) is 4.41. The molecule has 0 aromatic rings. The van der Waals surface area contributed by atoms with Gasteiger partial charge in [-0.1, -0.05) is 6.92 Å². The highest BCUT2D eigenvalue weighted by molar-refractivity contribution is 5.79. The second-order valence-corrected chi connectivity index (χ2v) is 4.65. The van der Waals surface area contributed by atoms with Gasteiger partial charge in [0.25, 0.3) is 0 Å². The fourth-order valence-electron chi connectivity index (χ4n) is 2.87. The van der Waals surface area contributed by atoms with E-state index in [1.165, 1.54) is 0 Å². The Labute approximate surface area is 94.8 Å². The summed E-state index contributed by atoms with van der Waals surface area (Å²) in [7, 11) is 0. The molecule has 2 rings (SSSR count). The number of fused-ring (bicyclic) bond motifs is 1. The topological polar surface area (TPSA) is 69.6 Å². The number of nitrogens with one attached hydrogen (secondary N) is 1. The van der Waals surface area contributed by atoms with Crippen LogP contribution in [0.3, 0.4) is 0 Å². The monoisotopic (exact) mass is 226 g/mol. The first kappa shape index (κ1) is 11.4. The van der Waals surface area contributed by atoms with Crippen LogP contribution in [-0.2, 0) is 9.59 Å². The van der Waals surface area contributed by atoms with Crippen LogP contribution in [-0.4, -0.2) is 47.1 Å². The van der Waals surface area contributed by atoms with Crippen LogP contribution in [0.1, 0.15) is 26.2 Å². The molecule has 3 atom stereocenters. The third kappa shape index (κ3) is 2.04. The highest BCUT2D eigenvalue weighted by atomic mass is 16.4. The largest absolute Gasteiger partial charge is 0.481 e. The summed E-state index contributed by atoms with van der Waals surface area (Å²) >= 11 is 0. The molecule has 1 saturated heterocycles. The number of carbonyl (C=O) groups excluding carboxylic acids is 1. The van der Waals surface area contributed by atoms with Crippen molar-refractivity contribution in [2.45, 2.75) is 38.3 Å². The number of carboxylic acids is 1. The Morgan fingerprint density at radius 3 is 2.94 bits per heavy atom. The summed E-state index contributed by atoms with van der Waals surface area (Å²) in [4.78, 5) is 24.6. The van der Waals surface area contributed by atoms with Gasteiger partial charge < -0.3 is 10.4 Å². The number of piperazine rings is 1. The van der Waals surface area contributed by atoms with E-state index >= 15 is 0 Å². The number of rotatable bonds is 2. The lowest BCUT2D eigenvalue weighted by molar-refractivity contribution is -0.145. The maximum atomic E-state index is 11.5. The van der Waals surface area contributed by atoms with Crippen molar-refractivity contribution in [1.29, 1.82) is 0 Å². The summed E-state index contributed by atoms with van der Waals surface area (Å²) < 4.78 is 0. The van der Waals surface area contributed by atoms with Crippen LogP contribution in [0.25, 0.3) is 0 Å². The summed E-state index contributed by atoms with van der Waals surface area (Å²) in [6.07, 6.45) is 2.17. The Kier molecular flexibility index (Phi) is 3.14. The third-order valence-electron chi connectivity index (χ3n) is 3.73. The molecule has 16 heavy (non-hydrogen) atoms. The van der Waals surface area contributed by atoms with Crippen molar-refractivity contribution in [1.82, 2.24) is 10.2 Å². The van der Waals surface area contributed by atoms with Gasteiger partial charge in [0.2, 0.25) is 5.91 Å². The predicted molar refractivity (Wildman–Crippen MR) is 57.9 cm³/mol. The lowest BCUT2D eigenvalue weighted by Crippen LogP contribution is -2.62. The maximum absolute atomic E-state index is 11.5. The number of carboxylic acid groups (broad SMARTS) is 1. The van der Waals surface area contributed by atoms with Crippen molar-refractivity contribution in [2.24, 2.45) is 5.92 Å². The van der Waals surface area contributed by atoms with E-state index in [0.29, 0.717) is 19.0 Å². The highest BCUT2D eigenvalue weighted by Crippen LogP contribution is 2.29. The Bertz CT molecular complexity index is 306. The average Bonchev–Trinajstić information content (AvgIpc) is 2.26. The molecule has 5 nitrogen and oxygen atoms in total. The Balaban J connectivity index is 2.07. The smallest absolute Gasteiger partial charge is 0.306 e. The number of hydrogen-bond donors (Lipinski definition) is 2. The normalized spacial score (nSPS) is 35.3. The van der Waals surface area contributed by atoms with Crippen molar-refractivity contribution in [2.75, 3.05) is 13.1 Å². The van der Waals surface area contributed by atoms with Crippen LogP contribution < -0.4 is 5.32 Å². The zero-order chi connectivity index (χ0) is 11.7. The Morgan fingerprint density at radius 2 is 2.31 bits per heavy atom. The molecule has 90 valence electrons. The van der Waals surface area contributed by atoms with Gasteiger partial charge in [-0.3, -0.25) is 14.5 Å². The molecule has 0 spiro atoms. The lowest BCUT2D eigenvalue weighted by Gasteiger charge is -2.45. The first-order valence-electron chi connectivity index (χ1n) is 5.88. The summed E-state index contributed by atoms with van der Waals surface area (Å²) in [5.41, 5.74) is 0. The van der Waals surface area contributed by atoms with Crippen LogP contribution in [0.4, 0.5) is 0 Å². The van der Waals surface area contributed by atoms with E-state index in [0.717, 1.165) is 19.4 Å². The molecule has 5 heteroatoms. The minimum atomic E-state index is -0.735. The van der Waals surface area contributed by atoms with Gasteiger partial charge in [0.15, 0.2) is 0 Å². The fourth-order valence-corrected chi connectivity index (χ4v) is 2.87. The average molecular weight is 226 g/mol. The zero-order valence-electron chi connectivity index (χ0n) is 9.48. The van der Waals surface area contributed by atoms with Crippen molar-refractivity contribution >= 4 is 11.9 Å². The third-order valence-corrected chi connectivity index (χ3v) is 3.73. The number of carbonyl (C=O) groups is 2. The molecular weight excluding hydrogens is 208 g/mol. The molecule has 3 unspecified atom stereocenters. The standard InChI is InChI=1S/C11H18N2O3/c1-2-13-6-10(14)12-8-5-7(11(15)16)3-4-9(8)13/h7-9H,2-6H2,1H3,(H,12,14)(H,15,16). The van der Waals surface area contributed by atoms with Gasteiger partial charge in [-0.2, -0.15) is 0 Å². The Morgan fingerprint density at radius 1 is 1.56 bits per heavy atom. The van der Waals surface area contributed by atoms with E-state index in [1.807, 2.05) is 6.92 Å². The van der Waals surface area contributed by atoms with E-state index < -0.39 is 5.97 Å². The summed E-state index contributed by atoms with van der Waals surface area (Å²) in [5.74, 6) is -1.01. The number of aliphatic carboxylic acids is 1. The van der Waals surface area contributed by atoms with Gasteiger partial charge >= 0.3 is 5.97 Å². The molecule has 0 aromatic heterocycles. The van der Waals surface area contributed by atoms with E-state index in [4.69, 9.17) is 5.11 Å². The van der Waals surface area contributed by atoms with E-state index in [2.05, 4.69) is 10.2 Å². The van der Waals surface area contributed by atoms with Crippen molar-refractivity contribution < 1.29 is 14.7 Å². The molecule has 0 bridgehead atoms. The summed E-state index contributed by atoms with van der Waals surface area (Å²) in [5, 5.41) is 11.9. The second-order valence-electron chi connectivity index (χ2n) is 4.65. The highest BCUT2D eigenvalue weighted by Gasteiger charge is 2.40. The number of nitrogens with zero attached hydrogens (tertiary/aromatic N) is 1. The van der Waals surface area contributed by atoms with Crippen molar-refractivity contribution in [3.63, 3.8) is 0 Å². The fraction of sp³-hybridized carbons (Fsp3) is 0.818. The minimum absolute atomic E-state index is 0.0224. The predicted octanol–water partition coefficient (Wildman–Crippen LogP) is 0.0600. The molecule has 2 N–H and O–H groups in total. The lowest BCUT2D eigenvalue weighted by atomic mass is 9.80. The number of likely N-dealkylation sites (N-methyl/N-ethyl adjacent to an activating group) is 1. The van der Waals surface area contributed by atoms with E-state index in [-0.39, 0.29) is 17.9 Å². The summed E-state index contributed by atoms with van der Waals surface area (Å²) in [6, 6.07) is 0.356. The molecule has 0 aromatic carbocycles. The van der Waals surface area contributed by atoms with Gasteiger partial charge in [0.05, 0.1) is 12.5 Å². The number of hydrogen-bond acceptors (Lipinski definition) is 3. The van der Waals surface area contributed by atoms with Gasteiger partial charge in [-0.05, 0) is 25.8 Å². The van der Waals surface area contributed by atoms with Gasteiger partial charge in [-0.15, -0.1) is 0 Å². The molecule has 2 aliphatic rings. The molecule has 1 saturated carbocycles. The maximum Gasteiger partial charge on any atom is 0.306 e. The Hall–Kier alpha value is -1.10. The quantitative estimate of drug-likeness (QED) is 0.698. The van der Waals surface area contributed by atoms with Crippen molar-refractivity contribution in [3.8, 4) is 0 Å². The molecule has 0 radical (unpaired) electrons. The minimum Gasteiger partial charge on any atom is -0.481 e. The van der Waals surface area contributed by atoms with Crippen LogP contribution in [0.15, 0.2) is 0 Å². The molecule has 1 heterocycles. The number of amides is 1. The van der Waals surface area contributed by atoms with Gasteiger partial charge in [-0.25, -0.2) is 0 Å². The first-order valence-corrected chi connectivity index (χ1v) is 5.88. The molecular formula is C11H18N2O3. The van der Waals surface area contributed by atoms with Crippen LogP contribution in [0.5, 0.6) is 0 Å². The van der Waals surface area contributed by atoms with Crippen LogP contribution in [0.2, 0.25) is 0 Å².